The number of ether oxygens (including phenoxy) is 1. The molecule has 108 valence electrons. The van der Waals surface area contributed by atoms with Gasteiger partial charge in [0, 0.05) is 32.3 Å². The zero-order valence-corrected chi connectivity index (χ0v) is 12.0. The van der Waals surface area contributed by atoms with Crippen LogP contribution >= 0.6 is 0 Å². The van der Waals surface area contributed by atoms with Crippen molar-refractivity contribution in [2.24, 2.45) is 0 Å². The molecule has 1 unspecified atom stereocenters. The fourth-order valence-corrected chi connectivity index (χ4v) is 3.90. The van der Waals surface area contributed by atoms with Gasteiger partial charge in [0.05, 0.1) is 12.3 Å². The minimum atomic E-state index is -3.52. The fourth-order valence-electron chi connectivity index (χ4n) is 2.28. The number of hydrogen-bond donors (Lipinski definition) is 2. The highest BCUT2D eigenvalue weighted by molar-refractivity contribution is 7.89. The number of H-pyrrole nitrogens is 1. The first-order chi connectivity index (χ1) is 9.09. The number of aromatic amines is 1. The van der Waals surface area contributed by atoms with Gasteiger partial charge >= 0.3 is 0 Å². The Hall–Kier alpha value is -0.960. The molecule has 1 aliphatic rings. The molecule has 1 saturated heterocycles. The van der Waals surface area contributed by atoms with Crippen LogP contribution in [0.1, 0.15) is 18.4 Å². The van der Waals surface area contributed by atoms with Crippen molar-refractivity contribution in [1.82, 2.24) is 19.8 Å². The van der Waals surface area contributed by atoms with Gasteiger partial charge in [-0.05, 0) is 19.9 Å². The first kappa shape index (κ1) is 14.4. The molecular formula is C11H20N4O3S. The lowest BCUT2D eigenvalue weighted by atomic mass is 10.1. The summed E-state index contributed by atoms with van der Waals surface area (Å²) in [7, 11) is -0.136. The van der Waals surface area contributed by atoms with Crippen LogP contribution in [-0.4, -0.2) is 56.3 Å². The largest absolute Gasteiger partial charge is 0.380 e. The molecule has 7 nitrogen and oxygen atoms in total. The van der Waals surface area contributed by atoms with Crippen LogP contribution in [0.2, 0.25) is 0 Å². The van der Waals surface area contributed by atoms with Crippen molar-refractivity contribution >= 4 is 10.0 Å². The third-order valence-corrected chi connectivity index (χ3v) is 5.20. The van der Waals surface area contributed by atoms with E-state index in [2.05, 4.69) is 15.5 Å². The quantitative estimate of drug-likeness (QED) is 0.792. The second kappa shape index (κ2) is 6.00. The Kier molecular flexibility index (Phi) is 4.56. The molecule has 0 aliphatic carbocycles. The van der Waals surface area contributed by atoms with Crippen molar-refractivity contribution in [1.29, 1.82) is 0 Å². The number of nitrogens with one attached hydrogen (secondary N) is 2. The Morgan fingerprint density at radius 2 is 2.42 bits per heavy atom. The van der Waals surface area contributed by atoms with E-state index in [-0.39, 0.29) is 11.1 Å². The summed E-state index contributed by atoms with van der Waals surface area (Å²) < 4.78 is 31.9. The molecule has 0 spiro atoms. The lowest BCUT2D eigenvalue weighted by Gasteiger charge is -2.30. The van der Waals surface area contributed by atoms with E-state index >= 15 is 0 Å². The van der Waals surface area contributed by atoms with E-state index in [0.29, 0.717) is 25.2 Å². The highest BCUT2D eigenvalue weighted by atomic mass is 32.2. The summed E-state index contributed by atoms with van der Waals surface area (Å²) >= 11 is 0. The van der Waals surface area contributed by atoms with Gasteiger partial charge in [0.25, 0.3) is 10.0 Å². The zero-order valence-electron chi connectivity index (χ0n) is 11.2. The lowest BCUT2D eigenvalue weighted by Crippen LogP contribution is -2.43. The molecule has 0 bridgehead atoms. The van der Waals surface area contributed by atoms with Gasteiger partial charge in [0.2, 0.25) is 0 Å². The molecule has 1 aliphatic heterocycles. The molecule has 8 heteroatoms. The summed E-state index contributed by atoms with van der Waals surface area (Å²) in [4.78, 5) is 0. The Labute approximate surface area is 113 Å². The first-order valence-corrected chi connectivity index (χ1v) is 7.73. The van der Waals surface area contributed by atoms with Gasteiger partial charge in [-0.2, -0.15) is 9.40 Å². The highest BCUT2D eigenvalue weighted by Crippen LogP contribution is 2.22. The maximum absolute atomic E-state index is 12.6. The predicted molar refractivity (Wildman–Crippen MR) is 70.1 cm³/mol. The van der Waals surface area contributed by atoms with Crippen molar-refractivity contribution in [2.45, 2.75) is 30.5 Å². The van der Waals surface area contributed by atoms with E-state index in [9.17, 15) is 8.42 Å². The Balaban J connectivity index is 2.23. The summed E-state index contributed by atoms with van der Waals surface area (Å²) in [6, 6.07) is 0. The van der Waals surface area contributed by atoms with E-state index in [1.807, 2.05) is 0 Å². The molecule has 0 saturated carbocycles. The van der Waals surface area contributed by atoms with Crippen LogP contribution in [0, 0.1) is 0 Å². The molecule has 0 aromatic carbocycles. The standard InChI is InChI=1S/C11H20N4O3S/c1-12-6-9-7-13-14-11(9)19(16,17)15-5-3-4-10(8-15)18-2/h7,10,12H,3-6,8H2,1-2H3,(H,13,14). The van der Waals surface area contributed by atoms with Crippen LogP contribution in [-0.2, 0) is 21.3 Å². The van der Waals surface area contributed by atoms with Crippen molar-refractivity contribution in [3.63, 3.8) is 0 Å². The molecular weight excluding hydrogens is 268 g/mol. The second-order valence-corrected chi connectivity index (χ2v) is 6.49. The molecule has 1 aromatic rings. The van der Waals surface area contributed by atoms with E-state index in [4.69, 9.17) is 4.74 Å². The van der Waals surface area contributed by atoms with Gasteiger partial charge < -0.3 is 10.1 Å². The average molecular weight is 288 g/mol. The van der Waals surface area contributed by atoms with E-state index in [1.54, 1.807) is 20.4 Å². The molecule has 19 heavy (non-hydrogen) atoms. The third-order valence-electron chi connectivity index (χ3n) is 3.32. The Morgan fingerprint density at radius 1 is 1.63 bits per heavy atom. The zero-order chi connectivity index (χ0) is 13.9. The minimum Gasteiger partial charge on any atom is -0.380 e. The fraction of sp³-hybridized carbons (Fsp3) is 0.727. The highest BCUT2D eigenvalue weighted by Gasteiger charge is 2.32. The van der Waals surface area contributed by atoms with Crippen LogP contribution < -0.4 is 5.32 Å². The molecule has 1 fully saturated rings. The first-order valence-electron chi connectivity index (χ1n) is 6.29. The van der Waals surface area contributed by atoms with Gasteiger partial charge in [-0.1, -0.05) is 0 Å². The summed E-state index contributed by atoms with van der Waals surface area (Å²) in [6.45, 7) is 1.39. The number of hydrogen-bond acceptors (Lipinski definition) is 5. The van der Waals surface area contributed by atoms with Crippen LogP contribution in [0.25, 0.3) is 0 Å². The predicted octanol–water partition coefficient (Wildman–Crippen LogP) is -0.0714. The number of methoxy groups -OCH3 is 1. The van der Waals surface area contributed by atoms with Crippen molar-refractivity contribution in [2.75, 3.05) is 27.2 Å². The second-order valence-electron chi connectivity index (χ2n) is 4.62. The summed E-state index contributed by atoms with van der Waals surface area (Å²) in [5.41, 5.74) is 0.655. The number of sulfonamides is 1. The topological polar surface area (TPSA) is 87.3 Å². The van der Waals surface area contributed by atoms with Gasteiger partial charge in [-0.25, -0.2) is 8.42 Å². The Bertz CT molecular complexity index is 514. The van der Waals surface area contributed by atoms with Crippen molar-refractivity contribution in [3.05, 3.63) is 11.8 Å². The summed E-state index contributed by atoms with van der Waals surface area (Å²) in [5, 5.41) is 9.56. The maximum atomic E-state index is 12.6. The Morgan fingerprint density at radius 3 is 3.11 bits per heavy atom. The van der Waals surface area contributed by atoms with Gasteiger partial charge in [-0.3, -0.25) is 5.10 Å². The SMILES string of the molecule is CNCc1cn[nH]c1S(=O)(=O)N1CCCC(OC)C1. The van der Waals surface area contributed by atoms with Crippen LogP contribution in [0.4, 0.5) is 0 Å². The molecule has 1 atom stereocenters. The van der Waals surface area contributed by atoms with Crippen LogP contribution in [0.15, 0.2) is 11.2 Å². The maximum Gasteiger partial charge on any atom is 0.260 e. The van der Waals surface area contributed by atoms with Crippen LogP contribution in [0.3, 0.4) is 0 Å². The number of nitrogens with zero attached hydrogens (tertiary/aromatic N) is 2. The van der Waals surface area contributed by atoms with E-state index < -0.39 is 10.0 Å². The average Bonchev–Trinajstić information content (AvgIpc) is 2.88. The molecule has 2 heterocycles. The van der Waals surface area contributed by atoms with Gasteiger partial charge in [0.1, 0.15) is 0 Å². The smallest absolute Gasteiger partial charge is 0.260 e. The lowest BCUT2D eigenvalue weighted by molar-refractivity contribution is 0.0571. The van der Waals surface area contributed by atoms with E-state index in [0.717, 1.165) is 12.8 Å². The number of rotatable bonds is 5. The van der Waals surface area contributed by atoms with E-state index in [1.165, 1.54) is 4.31 Å². The molecule has 2 rings (SSSR count). The summed E-state index contributed by atoms with van der Waals surface area (Å²) in [5.74, 6) is 0. The molecule has 0 amide bonds. The molecule has 2 N–H and O–H groups in total. The third kappa shape index (κ3) is 2.97. The van der Waals surface area contributed by atoms with Crippen molar-refractivity contribution in [3.8, 4) is 0 Å². The van der Waals surface area contributed by atoms with Gasteiger partial charge in [0.15, 0.2) is 5.03 Å². The monoisotopic (exact) mass is 288 g/mol. The minimum absolute atomic E-state index is 0.0285. The molecule has 1 aromatic heterocycles. The summed E-state index contributed by atoms with van der Waals surface area (Å²) in [6.07, 6.45) is 3.22. The number of aromatic nitrogens is 2. The van der Waals surface area contributed by atoms with Crippen LogP contribution in [0.5, 0.6) is 0 Å². The number of piperidine rings is 1. The molecule has 0 radical (unpaired) electrons. The van der Waals surface area contributed by atoms with Gasteiger partial charge in [-0.15, -0.1) is 0 Å². The normalized spacial score (nSPS) is 21.7. The van der Waals surface area contributed by atoms with Crippen molar-refractivity contribution < 1.29 is 13.2 Å².